The number of hydrogen-bond acceptors (Lipinski definition) is 19. The molecule has 20 N–H and O–H groups in total. The number of aliphatic hydroxyl groups is 4. The van der Waals surface area contributed by atoms with Gasteiger partial charge in [0.25, 0.3) is 0 Å². The number of benzene rings is 3. The van der Waals surface area contributed by atoms with Gasteiger partial charge < -0.3 is 100 Å². The maximum atomic E-state index is 14.7. The number of carboxylic acid groups (broad SMARTS) is 2. The van der Waals surface area contributed by atoms with Crippen LogP contribution >= 0.6 is 0 Å². The quantitative estimate of drug-likeness (QED) is 0.0237. The number of rotatable bonds is 40. The standard InChI is InChI=1S/C64H91N13O19/c1-35(2)27-43(71-61(92)53(37(4)81)76-59(90)48(34-79)74-54(85)41(66)33-78)57(88)69-42(23-14-15-25-65)56(87)75-52(36(3)80)62(93)72-45(29-39-19-10-6-11-20-39)58(89)70-44(28-38-17-8-5-9-18-38)55(86)67-32-50(82)68-46(30-40-21-12-7-13-22-40)63(94)77-26-16-24-49(77)60(91)73-47(64(95)96)31-51(83)84/h5-13,17-22,35-37,41-49,52-53,78-81H,14-16,23-34,65-66H2,1-4H3,(H,67,86)(H,68,82)(H,69,88)(H,70,89)(H,71,92)(H,72,93)(H,73,91)(H,74,85)(H,75,87)(H,76,90)(H,83,84)(H,95,96)/t36-,37-,41+,42+,43+,44+,45+,46+,47+,48+,49+,52+,53+/m1/s1. The normalized spacial score (nSPS) is 16.5. The van der Waals surface area contributed by atoms with Crippen LogP contribution in [0.15, 0.2) is 91.0 Å². The molecule has 96 heavy (non-hydrogen) atoms. The average Bonchev–Trinajstić information content (AvgIpc) is 1.63. The molecule has 0 spiro atoms. The summed E-state index contributed by atoms with van der Waals surface area (Å²) in [5.74, 6) is -14.0. The first kappa shape index (κ1) is 79.0. The first-order chi connectivity index (χ1) is 45.6. The molecule has 1 aliphatic rings. The highest BCUT2D eigenvalue weighted by molar-refractivity contribution is 5.99. The van der Waals surface area contributed by atoms with Gasteiger partial charge in [-0.05, 0) is 81.5 Å². The van der Waals surface area contributed by atoms with Crippen molar-refractivity contribution in [1.29, 1.82) is 0 Å². The Morgan fingerprint density at radius 3 is 1.43 bits per heavy atom. The second-order valence-electron chi connectivity index (χ2n) is 23.7. The van der Waals surface area contributed by atoms with Crippen molar-refractivity contribution in [3.05, 3.63) is 108 Å². The van der Waals surface area contributed by atoms with Gasteiger partial charge in [-0.15, -0.1) is 0 Å². The summed E-state index contributed by atoms with van der Waals surface area (Å²) < 4.78 is 0. The molecule has 32 heteroatoms. The Hall–Kier alpha value is -9.47. The molecule has 3 aromatic carbocycles. The molecule has 1 saturated heterocycles. The molecule has 0 radical (unpaired) electrons. The maximum Gasteiger partial charge on any atom is 0.326 e. The van der Waals surface area contributed by atoms with Crippen molar-refractivity contribution in [1.82, 2.24) is 58.1 Å². The summed E-state index contributed by atoms with van der Waals surface area (Å²) in [4.78, 5) is 177. The molecule has 0 aromatic heterocycles. The molecule has 4 rings (SSSR count). The Kier molecular flexibility index (Phi) is 32.9. The summed E-state index contributed by atoms with van der Waals surface area (Å²) in [5.41, 5.74) is 12.9. The molecule has 32 nitrogen and oxygen atoms in total. The summed E-state index contributed by atoms with van der Waals surface area (Å²) in [6, 6.07) is 8.16. The number of carbonyl (C=O) groups is 13. The van der Waals surface area contributed by atoms with Crippen molar-refractivity contribution >= 4 is 76.9 Å². The zero-order valence-corrected chi connectivity index (χ0v) is 53.9. The van der Waals surface area contributed by atoms with Gasteiger partial charge in [0.2, 0.25) is 65.0 Å². The van der Waals surface area contributed by atoms with Gasteiger partial charge in [0, 0.05) is 25.8 Å². The monoisotopic (exact) mass is 1350 g/mol. The second-order valence-corrected chi connectivity index (χ2v) is 23.7. The summed E-state index contributed by atoms with van der Waals surface area (Å²) in [6.45, 7) is 3.39. The van der Waals surface area contributed by atoms with Crippen LogP contribution in [-0.4, -0.2) is 224 Å². The number of likely N-dealkylation sites (tertiary alicyclic amines) is 1. The molecular weight excluding hydrogens is 1250 g/mol. The van der Waals surface area contributed by atoms with Crippen molar-refractivity contribution in [2.24, 2.45) is 17.4 Å². The van der Waals surface area contributed by atoms with Gasteiger partial charge in [-0.2, -0.15) is 0 Å². The minimum absolute atomic E-state index is 0.0263. The third kappa shape index (κ3) is 26.0. The van der Waals surface area contributed by atoms with E-state index in [1.54, 1.807) is 105 Å². The van der Waals surface area contributed by atoms with E-state index in [9.17, 15) is 93.0 Å². The van der Waals surface area contributed by atoms with E-state index in [2.05, 4.69) is 53.2 Å². The van der Waals surface area contributed by atoms with Gasteiger partial charge in [-0.3, -0.25) is 57.5 Å². The lowest BCUT2D eigenvalue weighted by molar-refractivity contribution is -0.148. The molecule has 0 bridgehead atoms. The number of amides is 11. The zero-order chi connectivity index (χ0) is 71.2. The third-order valence-electron chi connectivity index (χ3n) is 15.4. The van der Waals surface area contributed by atoms with E-state index in [-0.39, 0.29) is 64.0 Å². The Bertz CT molecular complexity index is 3110. The molecule has 0 unspecified atom stereocenters. The molecule has 0 aliphatic carbocycles. The minimum Gasteiger partial charge on any atom is -0.481 e. The highest BCUT2D eigenvalue weighted by Crippen LogP contribution is 2.21. The number of nitrogens with zero attached hydrogens (tertiary/aromatic N) is 1. The topological polar surface area (TPSA) is 519 Å². The largest absolute Gasteiger partial charge is 0.481 e. The predicted octanol–water partition coefficient (Wildman–Crippen LogP) is -5.01. The first-order valence-corrected chi connectivity index (χ1v) is 31.5. The van der Waals surface area contributed by atoms with E-state index < -0.39 is 182 Å². The van der Waals surface area contributed by atoms with Crippen LogP contribution in [-0.2, 0) is 81.6 Å². The smallest absolute Gasteiger partial charge is 0.326 e. The van der Waals surface area contributed by atoms with Crippen LogP contribution < -0.4 is 64.6 Å². The van der Waals surface area contributed by atoms with E-state index in [1.165, 1.54) is 11.8 Å². The summed E-state index contributed by atoms with van der Waals surface area (Å²) >= 11 is 0. The van der Waals surface area contributed by atoms with Gasteiger partial charge >= 0.3 is 11.9 Å². The van der Waals surface area contributed by atoms with Gasteiger partial charge in [0.1, 0.15) is 66.5 Å². The highest BCUT2D eigenvalue weighted by atomic mass is 16.4. The van der Waals surface area contributed by atoms with Gasteiger partial charge in [-0.25, -0.2) is 4.79 Å². The Morgan fingerprint density at radius 2 is 0.958 bits per heavy atom. The van der Waals surface area contributed by atoms with E-state index >= 15 is 0 Å². The average molecular weight is 1350 g/mol. The van der Waals surface area contributed by atoms with E-state index in [0.717, 1.165) is 6.92 Å². The van der Waals surface area contributed by atoms with Gasteiger partial charge in [-0.1, -0.05) is 105 Å². The number of carbonyl (C=O) groups excluding carboxylic acids is 11. The molecule has 13 atom stereocenters. The van der Waals surface area contributed by atoms with Crippen LogP contribution in [0.3, 0.4) is 0 Å². The lowest BCUT2D eigenvalue weighted by Crippen LogP contribution is -2.63. The number of aliphatic hydroxyl groups excluding tert-OH is 4. The van der Waals surface area contributed by atoms with Gasteiger partial charge in [0.05, 0.1) is 38.4 Å². The zero-order valence-electron chi connectivity index (χ0n) is 53.9. The fraction of sp³-hybridized carbons (Fsp3) is 0.516. The molecule has 1 fully saturated rings. The summed E-state index contributed by atoms with van der Waals surface area (Å²) in [6.07, 6.45) is -3.91. The van der Waals surface area contributed by atoms with E-state index in [4.69, 9.17) is 11.5 Å². The molecule has 1 heterocycles. The van der Waals surface area contributed by atoms with E-state index in [0.29, 0.717) is 29.5 Å². The van der Waals surface area contributed by atoms with Crippen molar-refractivity contribution in [3.63, 3.8) is 0 Å². The van der Waals surface area contributed by atoms with Crippen molar-refractivity contribution < 1.29 is 93.0 Å². The van der Waals surface area contributed by atoms with Crippen LogP contribution in [0.25, 0.3) is 0 Å². The summed E-state index contributed by atoms with van der Waals surface area (Å²) in [7, 11) is 0. The van der Waals surface area contributed by atoms with Crippen LogP contribution in [0.1, 0.15) is 89.3 Å². The van der Waals surface area contributed by atoms with Crippen LogP contribution in [0.2, 0.25) is 0 Å². The number of hydrogen-bond donors (Lipinski definition) is 18. The Balaban J connectivity index is 1.57. The third-order valence-corrected chi connectivity index (χ3v) is 15.4. The Labute approximate surface area is 554 Å². The number of carboxylic acids is 2. The predicted molar refractivity (Wildman–Crippen MR) is 343 cm³/mol. The van der Waals surface area contributed by atoms with Crippen molar-refractivity contribution in [2.45, 2.75) is 171 Å². The highest BCUT2D eigenvalue weighted by Gasteiger charge is 2.41. The van der Waals surface area contributed by atoms with Crippen molar-refractivity contribution in [3.8, 4) is 0 Å². The SMILES string of the molecule is CC(C)C[C@H](NC(=O)[C@@H](NC(=O)[C@H](CO)NC(=O)[C@@H](N)CO)[C@@H](C)O)C(=O)N[C@@H](CCCCN)C(=O)N[C@H](C(=O)N[C@@H](Cc1ccccc1)C(=O)N[C@@H](Cc1ccccc1)C(=O)NCC(=O)N[C@@H](Cc1ccccc1)C(=O)N1CCC[C@H]1C(=O)N[C@@H](CC(=O)O)C(=O)O)[C@@H](C)O. The van der Waals surface area contributed by atoms with Crippen LogP contribution in [0, 0.1) is 5.92 Å². The van der Waals surface area contributed by atoms with Crippen LogP contribution in [0.4, 0.5) is 0 Å². The molecule has 11 amide bonds. The molecule has 3 aromatic rings. The number of nitrogens with one attached hydrogen (secondary N) is 10. The molecular formula is C64H91N13O19. The first-order valence-electron chi connectivity index (χ1n) is 31.5. The molecule has 526 valence electrons. The van der Waals surface area contributed by atoms with Crippen molar-refractivity contribution in [2.75, 3.05) is 32.8 Å². The van der Waals surface area contributed by atoms with Gasteiger partial charge in [0.15, 0.2) is 0 Å². The van der Waals surface area contributed by atoms with Crippen LogP contribution in [0.5, 0.6) is 0 Å². The number of unbranched alkanes of at least 4 members (excludes halogenated alkanes) is 1. The number of aliphatic carboxylic acids is 2. The number of nitrogens with two attached hydrogens (primary N) is 2. The van der Waals surface area contributed by atoms with E-state index in [1.807, 2.05) is 0 Å². The molecule has 1 aliphatic heterocycles. The Morgan fingerprint density at radius 1 is 0.510 bits per heavy atom. The maximum absolute atomic E-state index is 14.7. The molecule has 0 saturated carbocycles. The fourth-order valence-electron chi connectivity index (χ4n) is 10.3. The lowest BCUT2D eigenvalue weighted by Gasteiger charge is -2.30. The minimum atomic E-state index is -1.83. The lowest BCUT2D eigenvalue weighted by atomic mass is 10.0. The second kappa shape index (κ2) is 40.0. The summed E-state index contributed by atoms with van der Waals surface area (Å²) in [5, 5.41) is 84.1. The fourth-order valence-corrected chi connectivity index (χ4v) is 10.3.